The zero-order chi connectivity index (χ0) is 24.0. The summed E-state index contributed by atoms with van der Waals surface area (Å²) in [6.45, 7) is 3.99. The lowest BCUT2D eigenvalue weighted by molar-refractivity contribution is 0.122. The lowest BCUT2D eigenvalue weighted by atomic mass is 10.1. The molecule has 0 amide bonds. The van der Waals surface area contributed by atoms with Gasteiger partial charge < -0.3 is 19.9 Å². The summed E-state index contributed by atoms with van der Waals surface area (Å²) in [6.07, 6.45) is 4.10. The smallest absolute Gasteiger partial charge is 0.182 e. The molecule has 2 N–H and O–H groups in total. The molecule has 0 saturated carbocycles. The van der Waals surface area contributed by atoms with Crippen LogP contribution in [0.3, 0.4) is 0 Å². The van der Waals surface area contributed by atoms with E-state index >= 15 is 0 Å². The summed E-state index contributed by atoms with van der Waals surface area (Å²) >= 11 is 1.60. The van der Waals surface area contributed by atoms with Gasteiger partial charge in [-0.15, -0.1) is 0 Å². The first-order valence-electron chi connectivity index (χ1n) is 11.4. The van der Waals surface area contributed by atoms with Gasteiger partial charge >= 0.3 is 0 Å². The maximum absolute atomic E-state index is 9.01. The minimum absolute atomic E-state index is 0.254. The Morgan fingerprint density at radius 1 is 0.971 bits per heavy atom. The van der Waals surface area contributed by atoms with Crippen molar-refractivity contribution in [3.8, 4) is 6.07 Å². The summed E-state index contributed by atoms with van der Waals surface area (Å²) in [4.78, 5) is 16.7. The Bertz CT molecular complexity index is 1320. The summed E-state index contributed by atoms with van der Waals surface area (Å²) in [6, 6.07) is 20.8. The zero-order valence-corrected chi connectivity index (χ0v) is 20.0. The first-order valence-corrected chi connectivity index (χ1v) is 12.2. The van der Waals surface area contributed by atoms with Crippen LogP contribution in [0.4, 0.5) is 11.5 Å². The summed E-state index contributed by atoms with van der Waals surface area (Å²) in [5.74, 6) is 1.19. The number of nitrogens with two attached hydrogens (primary N) is 1. The van der Waals surface area contributed by atoms with Gasteiger partial charge in [0.1, 0.15) is 22.7 Å². The van der Waals surface area contributed by atoms with Crippen LogP contribution in [0.1, 0.15) is 22.6 Å². The van der Waals surface area contributed by atoms with Crippen LogP contribution in [0.15, 0.2) is 77.0 Å². The van der Waals surface area contributed by atoms with Crippen LogP contribution in [0, 0.1) is 11.3 Å². The highest BCUT2D eigenvalue weighted by Gasteiger charge is 2.11. The first kappa shape index (κ1) is 22.9. The molecule has 2 aromatic heterocycles. The summed E-state index contributed by atoms with van der Waals surface area (Å²) < 4.78 is 7.21. The molecule has 4 aromatic rings. The van der Waals surface area contributed by atoms with E-state index in [9.17, 15) is 0 Å². The number of aromatic nitrogens is 4. The number of morpholine rings is 1. The normalized spacial score (nSPS) is 13.5. The van der Waals surface area contributed by atoms with E-state index in [0.29, 0.717) is 18.8 Å². The monoisotopic (exact) mass is 483 g/mol. The number of hydrogen-bond donors (Lipinski definition) is 1. The second-order valence-corrected chi connectivity index (χ2v) is 9.31. The van der Waals surface area contributed by atoms with Gasteiger partial charge in [0.2, 0.25) is 0 Å². The van der Waals surface area contributed by atoms with Gasteiger partial charge in [0.15, 0.2) is 5.69 Å². The van der Waals surface area contributed by atoms with Crippen molar-refractivity contribution in [2.75, 3.05) is 36.9 Å². The molecular weight excluding hydrogens is 458 g/mol. The van der Waals surface area contributed by atoms with E-state index < -0.39 is 0 Å². The number of nitriles is 1. The van der Waals surface area contributed by atoms with E-state index in [4.69, 9.17) is 20.7 Å². The number of anilines is 2. The quantitative estimate of drug-likeness (QED) is 0.396. The Hall–Kier alpha value is -3.87. The first-order chi connectivity index (χ1) is 17.2. The third kappa shape index (κ3) is 5.62. The molecule has 0 aliphatic carbocycles. The molecule has 5 rings (SSSR count). The van der Waals surface area contributed by atoms with Gasteiger partial charge in [-0.3, -0.25) is 0 Å². The van der Waals surface area contributed by atoms with Crippen molar-refractivity contribution in [3.05, 3.63) is 89.8 Å². The minimum Gasteiger partial charge on any atom is -0.383 e. The molecule has 0 radical (unpaired) electrons. The maximum Gasteiger partial charge on any atom is 0.182 e. The Morgan fingerprint density at radius 2 is 1.71 bits per heavy atom. The van der Waals surface area contributed by atoms with Gasteiger partial charge in [0, 0.05) is 36.3 Å². The molecule has 1 aliphatic heterocycles. The van der Waals surface area contributed by atoms with Gasteiger partial charge in [-0.1, -0.05) is 36.0 Å². The van der Waals surface area contributed by atoms with Crippen LogP contribution in [-0.2, 0) is 17.7 Å². The highest BCUT2D eigenvalue weighted by Crippen LogP contribution is 2.27. The molecule has 1 fully saturated rings. The number of ether oxygens (including phenoxy) is 1. The number of nitrogen functional groups attached to an aromatic ring is 1. The Balaban J connectivity index is 1.20. The molecule has 35 heavy (non-hydrogen) atoms. The third-order valence-electron chi connectivity index (χ3n) is 5.84. The molecule has 0 atom stereocenters. The highest BCUT2D eigenvalue weighted by molar-refractivity contribution is 7.99. The van der Waals surface area contributed by atoms with Crippen LogP contribution >= 0.6 is 11.8 Å². The number of hydrogen-bond acceptors (Lipinski definition) is 8. The SMILES string of the molecule is N#Cc1ncn(Cc2ccc(Sc3ccnc(Cc4ccc(N5CCOCC5)cc4)n3)cc2)c1N. The van der Waals surface area contributed by atoms with Crippen molar-refractivity contribution in [3.63, 3.8) is 0 Å². The fourth-order valence-electron chi connectivity index (χ4n) is 3.94. The van der Waals surface area contributed by atoms with E-state index in [1.807, 2.05) is 30.5 Å². The number of nitrogens with zero attached hydrogens (tertiary/aromatic N) is 6. The molecule has 0 bridgehead atoms. The van der Waals surface area contributed by atoms with Gasteiger partial charge in [0.25, 0.3) is 0 Å². The van der Waals surface area contributed by atoms with Crippen molar-refractivity contribution >= 4 is 23.3 Å². The molecule has 1 aliphatic rings. The van der Waals surface area contributed by atoms with Crippen LogP contribution in [0.2, 0.25) is 0 Å². The van der Waals surface area contributed by atoms with Crippen LogP contribution in [-0.4, -0.2) is 45.8 Å². The number of imidazole rings is 1. The van der Waals surface area contributed by atoms with Crippen LogP contribution < -0.4 is 10.6 Å². The van der Waals surface area contributed by atoms with Crippen molar-refractivity contribution in [2.45, 2.75) is 22.9 Å². The van der Waals surface area contributed by atoms with E-state index in [0.717, 1.165) is 47.6 Å². The van der Waals surface area contributed by atoms with Gasteiger partial charge in [-0.05, 0) is 41.5 Å². The average molecular weight is 484 g/mol. The van der Waals surface area contributed by atoms with E-state index in [1.165, 1.54) is 11.3 Å². The lowest BCUT2D eigenvalue weighted by Gasteiger charge is -2.28. The predicted octanol–water partition coefficient (Wildman–Crippen LogP) is 3.75. The third-order valence-corrected chi connectivity index (χ3v) is 6.78. The van der Waals surface area contributed by atoms with Crippen LogP contribution in [0.25, 0.3) is 0 Å². The summed E-state index contributed by atoms with van der Waals surface area (Å²) in [7, 11) is 0. The fraction of sp³-hybridized carbons (Fsp3) is 0.231. The molecule has 3 heterocycles. The zero-order valence-electron chi connectivity index (χ0n) is 19.2. The van der Waals surface area contributed by atoms with Crippen molar-refractivity contribution in [2.24, 2.45) is 0 Å². The van der Waals surface area contributed by atoms with E-state index in [-0.39, 0.29) is 5.69 Å². The van der Waals surface area contributed by atoms with E-state index in [1.54, 1.807) is 22.7 Å². The lowest BCUT2D eigenvalue weighted by Crippen LogP contribution is -2.36. The molecule has 2 aromatic carbocycles. The van der Waals surface area contributed by atoms with E-state index in [2.05, 4.69) is 51.3 Å². The molecule has 0 spiro atoms. The molecule has 9 heteroatoms. The molecule has 8 nitrogen and oxygen atoms in total. The largest absolute Gasteiger partial charge is 0.383 e. The number of benzene rings is 2. The highest BCUT2D eigenvalue weighted by atomic mass is 32.2. The van der Waals surface area contributed by atoms with Crippen molar-refractivity contribution in [1.29, 1.82) is 5.26 Å². The molecule has 0 unspecified atom stereocenters. The average Bonchev–Trinajstić information content (AvgIpc) is 3.25. The Kier molecular flexibility index (Phi) is 6.93. The number of rotatable bonds is 7. The molecule has 176 valence electrons. The Labute approximate surface area is 208 Å². The minimum atomic E-state index is 0.254. The van der Waals surface area contributed by atoms with Gasteiger partial charge in [-0.2, -0.15) is 5.26 Å². The summed E-state index contributed by atoms with van der Waals surface area (Å²) in [5, 5.41) is 9.92. The van der Waals surface area contributed by atoms with Gasteiger partial charge in [-0.25, -0.2) is 15.0 Å². The van der Waals surface area contributed by atoms with Crippen molar-refractivity contribution in [1.82, 2.24) is 19.5 Å². The second kappa shape index (κ2) is 10.6. The predicted molar refractivity (Wildman–Crippen MR) is 135 cm³/mol. The second-order valence-electron chi connectivity index (χ2n) is 8.22. The summed E-state index contributed by atoms with van der Waals surface area (Å²) in [5.41, 5.74) is 9.70. The topological polar surface area (TPSA) is 106 Å². The van der Waals surface area contributed by atoms with Crippen LogP contribution in [0.5, 0.6) is 0 Å². The van der Waals surface area contributed by atoms with Gasteiger partial charge in [0.05, 0.1) is 26.1 Å². The van der Waals surface area contributed by atoms with Crippen molar-refractivity contribution < 1.29 is 4.74 Å². The standard InChI is InChI=1S/C26H25N7OS/c27-16-23-26(28)33(18-30-23)17-20-3-7-22(8-4-20)35-25-9-10-29-24(31-25)15-19-1-5-21(6-2-19)32-11-13-34-14-12-32/h1-10,18H,11-15,17,28H2. The maximum atomic E-state index is 9.01. The molecule has 1 saturated heterocycles. The molecular formula is C26H25N7OS. The fourth-order valence-corrected chi connectivity index (χ4v) is 4.73. The Morgan fingerprint density at radius 3 is 2.43 bits per heavy atom.